The first kappa shape index (κ1) is 14.7. The van der Waals surface area contributed by atoms with Gasteiger partial charge in [-0.05, 0) is 13.0 Å². The van der Waals surface area contributed by atoms with E-state index in [0.29, 0.717) is 18.3 Å². The summed E-state index contributed by atoms with van der Waals surface area (Å²) in [6, 6.07) is 8.05. The fourth-order valence-electron chi connectivity index (χ4n) is 2.63. The van der Waals surface area contributed by atoms with Gasteiger partial charge >= 0.3 is 0 Å². The van der Waals surface area contributed by atoms with Crippen LogP contribution in [0.2, 0.25) is 0 Å². The Kier molecular flexibility index (Phi) is 4.20. The van der Waals surface area contributed by atoms with Crippen molar-refractivity contribution in [2.24, 2.45) is 0 Å². The lowest BCUT2D eigenvalue weighted by Crippen LogP contribution is -2.47. The summed E-state index contributed by atoms with van der Waals surface area (Å²) in [4.78, 5) is 19.9. The Morgan fingerprint density at radius 3 is 2.73 bits per heavy atom. The lowest BCUT2D eigenvalue weighted by Gasteiger charge is -2.33. The number of hydrogen-bond donors (Lipinski definition) is 0. The molecular formula is C16H20N4O2. The van der Waals surface area contributed by atoms with Crippen LogP contribution in [0.3, 0.4) is 0 Å². The summed E-state index contributed by atoms with van der Waals surface area (Å²) in [5.74, 6) is 1.38. The second kappa shape index (κ2) is 6.27. The molecule has 1 fully saturated rings. The number of amides is 1. The van der Waals surface area contributed by atoms with Crippen molar-refractivity contribution >= 4 is 5.91 Å². The molecule has 0 bridgehead atoms. The molecule has 0 atom stereocenters. The van der Waals surface area contributed by atoms with Gasteiger partial charge in [0, 0.05) is 38.7 Å². The molecule has 3 rings (SSSR count). The second-order valence-corrected chi connectivity index (χ2v) is 5.66. The van der Waals surface area contributed by atoms with E-state index in [9.17, 15) is 4.79 Å². The van der Waals surface area contributed by atoms with Crippen LogP contribution in [0.15, 0.2) is 28.8 Å². The summed E-state index contributed by atoms with van der Waals surface area (Å²) in [6.45, 7) is 7.47. The highest BCUT2D eigenvalue weighted by molar-refractivity contribution is 5.73. The van der Waals surface area contributed by atoms with Gasteiger partial charge in [-0.2, -0.15) is 4.98 Å². The first-order valence-corrected chi connectivity index (χ1v) is 7.49. The molecule has 1 aromatic carbocycles. The molecule has 22 heavy (non-hydrogen) atoms. The standard InChI is InChI=1S/C16H20N4O2/c1-12-4-3-5-14(10-12)16-17-15(22-18-16)11-19-6-8-20(9-7-19)13(2)21/h3-5,10H,6-9,11H2,1-2H3. The zero-order valence-electron chi connectivity index (χ0n) is 13.0. The maximum Gasteiger partial charge on any atom is 0.241 e. The van der Waals surface area contributed by atoms with Crippen LogP contribution in [-0.4, -0.2) is 52.0 Å². The van der Waals surface area contributed by atoms with Gasteiger partial charge in [0.05, 0.1) is 6.54 Å². The maximum atomic E-state index is 11.3. The largest absolute Gasteiger partial charge is 0.340 e. The number of benzene rings is 1. The van der Waals surface area contributed by atoms with Gasteiger partial charge in [-0.25, -0.2) is 0 Å². The van der Waals surface area contributed by atoms with E-state index >= 15 is 0 Å². The molecule has 2 heterocycles. The molecular weight excluding hydrogens is 280 g/mol. The molecule has 0 aliphatic carbocycles. The molecule has 1 amide bonds. The highest BCUT2D eigenvalue weighted by atomic mass is 16.5. The van der Waals surface area contributed by atoms with E-state index in [1.165, 1.54) is 5.56 Å². The SMILES string of the molecule is CC(=O)N1CCN(Cc2nc(-c3cccc(C)c3)no2)CC1. The van der Waals surface area contributed by atoms with Gasteiger partial charge in [-0.15, -0.1) is 0 Å². The van der Waals surface area contributed by atoms with Crippen LogP contribution in [-0.2, 0) is 11.3 Å². The van der Waals surface area contributed by atoms with Crippen LogP contribution in [0, 0.1) is 6.92 Å². The Balaban J connectivity index is 1.62. The van der Waals surface area contributed by atoms with E-state index in [1.807, 2.05) is 36.1 Å². The highest BCUT2D eigenvalue weighted by Gasteiger charge is 2.20. The Labute approximate surface area is 129 Å². The van der Waals surface area contributed by atoms with Crippen LogP contribution in [0.1, 0.15) is 18.4 Å². The maximum absolute atomic E-state index is 11.3. The van der Waals surface area contributed by atoms with Gasteiger partial charge in [0.2, 0.25) is 17.6 Å². The molecule has 1 aliphatic heterocycles. The number of piperazine rings is 1. The van der Waals surface area contributed by atoms with Crippen molar-refractivity contribution in [3.8, 4) is 11.4 Å². The quantitative estimate of drug-likeness (QED) is 0.863. The lowest BCUT2D eigenvalue weighted by molar-refractivity contribution is -0.130. The molecule has 0 N–H and O–H groups in total. The monoisotopic (exact) mass is 300 g/mol. The van der Waals surface area contributed by atoms with Crippen LogP contribution in [0.5, 0.6) is 0 Å². The lowest BCUT2D eigenvalue weighted by atomic mass is 10.1. The predicted octanol–water partition coefficient (Wildman–Crippen LogP) is 1.71. The highest BCUT2D eigenvalue weighted by Crippen LogP contribution is 2.17. The fourth-order valence-corrected chi connectivity index (χ4v) is 2.63. The van der Waals surface area contributed by atoms with E-state index in [0.717, 1.165) is 31.7 Å². The summed E-state index contributed by atoms with van der Waals surface area (Å²) >= 11 is 0. The number of aryl methyl sites for hydroxylation is 1. The zero-order chi connectivity index (χ0) is 15.5. The third kappa shape index (κ3) is 3.33. The second-order valence-electron chi connectivity index (χ2n) is 5.66. The number of nitrogens with zero attached hydrogens (tertiary/aromatic N) is 4. The smallest absolute Gasteiger partial charge is 0.241 e. The van der Waals surface area contributed by atoms with E-state index in [2.05, 4.69) is 15.0 Å². The third-order valence-electron chi connectivity index (χ3n) is 3.92. The molecule has 1 aliphatic rings. The van der Waals surface area contributed by atoms with Crippen molar-refractivity contribution in [2.45, 2.75) is 20.4 Å². The summed E-state index contributed by atoms with van der Waals surface area (Å²) in [7, 11) is 0. The molecule has 0 spiro atoms. The molecule has 6 heteroatoms. The summed E-state index contributed by atoms with van der Waals surface area (Å²) in [6.07, 6.45) is 0. The number of carbonyl (C=O) groups excluding carboxylic acids is 1. The summed E-state index contributed by atoms with van der Waals surface area (Å²) < 4.78 is 5.35. The Hall–Kier alpha value is -2.21. The molecule has 1 saturated heterocycles. The van der Waals surface area contributed by atoms with Gasteiger partial charge < -0.3 is 9.42 Å². The van der Waals surface area contributed by atoms with E-state index in [1.54, 1.807) is 6.92 Å². The van der Waals surface area contributed by atoms with Gasteiger partial charge in [-0.1, -0.05) is 28.9 Å². The summed E-state index contributed by atoms with van der Waals surface area (Å²) in [5, 5.41) is 4.06. The predicted molar refractivity (Wildman–Crippen MR) is 82.0 cm³/mol. The number of carbonyl (C=O) groups is 1. The average Bonchev–Trinajstić information content (AvgIpc) is 2.96. The van der Waals surface area contributed by atoms with Crippen LogP contribution < -0.4 is 0 Å². The van der Waals surface area contributed by atoms with Crippen molar-refractivity contribution in [3.05, 3.63) is 35.7 Å². The van der Waals surface area contributed by atoms with Crippen LogP contribution >= 0.6 is 0 Å². The first-order chi connectivity index (χ1) is 10.6. The average molecular weight is 300 g/mol. The molecule has 1 aromatic heterocycles. The van der Waals surface area contributed by atoms with Crippen molar-refractivity contribution in [1.82, 2.24) is 19.9 Å². The number of rotatable bonds is 3. The number of aromatic nitrogens is 2. The van der Waals surface area contributed by atoms with Crippen molar-refractivity contribution in [1.29, 1.82) is 0 Å². The minimum atomic E-state index is 0.138. The molecule has 116 valence electrons. The summed E-state index contributed by atoms with van der Waals surface area (Å²) in [5.41, 5.74) is 2.14. The molecule has 2 aromatic rings. The van der Waals surface area contributed by atoms with E-state index in [4.69, 9.17) is 4.52 Å². The van der Waals surface area contributed by atoms with Crippen LogP contribution in [0.4, 0.5) is 0 Å². The fraction of sp³-hybridized carbons (Fsp3) is 0.438. The van der Waals surface area contributed by atoms with E-state index in [-0.39, 0.29) is 5.91 Å². The van der Waals surface area contributed by atoms with Gasteiger partial charge in [0.25, 0.3) is 0 Å². The first-order valence-electron chi connectivity index (χ1n) is 7.49. The van der Waals surface area contributed by atoms with Gasteiger partial charge in [0.15, 0.2) is 0 Å². The Morgan fingerprint density at radius 1 is 1.27 bits per heavy atom. The normalized spacial score (nSPS) is 16.0. The topological polar surface area (TPSA) is 62.5 Å². The van der Waals surface area contributed by atoms with Gasteiger partial charge in [0.1, 0.15) is 0 Å². The van der Waals surface area contributed by atoms with Crippen molar-refractivity contribution in [3.63, 3.8) is 0 Å². The molecule has 0 radical (unpaired) electrons. The molecule has 0 unspecified atom stereocenters. The van der Waals surface area contributed by atoms with Crippen molar-refractivity contribution in [2.75, 3.05) is 26.2 Å². The zero-order valence-corrected chi connectivity index (χ0v) is 13.0. The molecule has 6 nitrogen and oxygen atoms in total. The van der Waals surface area contributed by atoms with E-state index < -0.39 is 0 Å². The molecule has 0 saturated carbocycles. The minimum Gasteiger partial charge on any atom is -0.340 e. The number of hydrogen-bond acceptors (Lipinski definition) is 5. The van der Waals surface area contributed by atoms with Crippen molar-refractivity contribution < 1.29 is 9.32 Å². The van der Waals surface area contributed by atoms with Gasteiger partial charge in [-0.3, -0.25) is 9.69 Å². The van der Waals surface area contributed by atoms with Crippen LogP contribution in [0.25, 0.3) is 11.4 Å². The Morgan fingerprint density at radius 2 is 2.05 bits per heavy atom. The Bertz CT molecular complexity index is 660. The third-order valence-corrected chi connectivity index (χ3v) is 3.92. The minimum absolute atomic E-state index is 0.138.